The lowest BCUT2D eigenvalue weighted by Crippen LogP contribution is -2.23. The Morgan fingerprint density at radius 2 is 1.23 bits per heavy atom. The Bertz CT molecular complexity index is 940. The van der Waals surface area contributed by atoms with Crippen molar-refractivity contribution in [1.29, 1.82) is 0 Å². The quantitative estimate of drug-likeness (QED) is 0.312. The fourth-order valence-electron chi connectivity index (χ4n) is 4.53. The van der Waals surface area contributed by atoms with E-state index in [-0.39, 0.29) is 0 Å². The lowest BCUT2D eigenvalue weighted by molar-refractivity contribution is 0.144. The highest BCUT2D eigenvalue weighted by atomic mass is 32.2. The third-order valence-corrected chi connectivity index (χ3v) is 8.04. The van der Waals surface area contributed by atoms with E-state index in [0.29, 0.717) is 41.0 Å². The molecule has 0 bridgehead atoms. The predicted octanol–water partition coefficient (Wildman–Crippen LogP) is 5.90. The van der Waals surface area contributed by atoms with Crippen LogP contribution in [-0.2, 0) is 4.74 Å². The molecule has 8 heteroatoms. The van der Waals surface area contributed by atoms with E-state index >= 15 is 0 Å². The second-order valence-corrected chi connectivity index (χ2v) is 9.64. The van der Waals surface area contributed by atoms with Crippen molar-refractivity contribution in [3.63, 3.8) is 0 Å². The summed E-state index contributed by atoms with van der Waals surface area (Å²) in [6.07, 6.45) is 2.12. The molecule has 1 fully saturated rings. The SMILES string of the molecule is CCN(CC)c1cc(C2CCC(c3cc(OC)c(OC)c(OC)c3)S2)cc(OC)c1OCCOC. The Morgan fingerprint density at radius 3 is 1.69 bits per heavy atom. The van der Waals surface area contributed by atoms with Crippen LogP contribution in [0.25, 0.3) is 0 Å². The number of rotatable bonds is 13. The molecule has 0 spiro atoms. The summed E-state index contributed by atoms with van der Waals surface area (Å²) in [5, 5.41) is 0.671. The van der Waals surface area contributed by atoms with Crippen LogP contribution < -0.4 is 28.6 Å². The van der Waals surface area contributed by atoms with Gasteiger partial charge in [-0.15, -0.1) is 11.8 Å². The normalized spacial score (nSPS) is 17.2. The van der Waals surface area contributed by atoms with E-state index in [1.54, 1.807) is 35.5 Å². The van der Waals surface area contributed by atoms with Crippen LogP contribution in [0.2, 0.25) is 0 Å². The van der Waals surface area contributed by atoms with Crippen molar-refractivity contribution in [3.05, 3.63) is 35.4 Å². The summed E-state index contributed by atoms with van der Waals surface area (Å²) in [4.78, 5) is 2.31. The van der Waals surface area contributed by atoms with Gasteiger partial charge in [0.25, 0.3) is 0 Å². The van der Waals surface area contributed by atoms with Gasteiger partial charge in [-0.25, -0.2) is 0 Å². The Labute approximate surface area is 214 Å². The van der Waals surface area contributed by atoms with Crippen LogP contribution in [0, 0.1) is 0 Å². The summed E-state index contributed by atoms with van der Waals surface area (Å²) in [6, 6.07) is 8.53. The molecule has 0 N–H and O–H groups in total. The van der Waals surface area contributed by atoms with E-state index in [1.807, 2.05) is 11.8 Å². The van der Waals surface area contributed by atoms with Crippen LogP contribution in [0.3, 0.4) is 0 Å². The molecule has 194 valence electrons. The number of anilines is 1. The van der Waals surface area contributed by atoms with Crippen molar-refractivity contribution in [1.82, 2.24) is 0 Å². The molecular weight excluding hydrogens is 466 g/mol. The van der Waals surface area contributed by atoms with E-state index < -0.39 is 0 Å². The van der Waals surface area contributed by atoms with E-state index in [2.05, 4.69) is 43.0 Å². The number of thioether (sulfide) groups is 1. The summed E-state index contributed by atoms with van der Waals surface area (Å²) in [7, 11) is 8.32. The number of nitrogens with zero attached hydrogens (tertiary/aromatic N) is 1. The van der Waals surface area contributed by atoms with Gasteiger partial charge >= 0.3 is 0 Å². The van der Waals surface area contributed by atoms with Crippen molar-refractivity contribution >= 4 is 17.4 Å². The smallest absolute Gasteiger partial charge is 0.203 e. The molecule has 0 aromatic heterocycles. The van der Waals surface area contributed by atoms with Crippen LogP contribution in [0.15, 0.2) is 24.3 Å². The molecule has 1 heterocycles. The fraction of sp³-hybridized carbons (Fsp3) is 0.556. The van der Waals surface area contributed by atoms with Crippen molar-refractivity contribution < 1.29 is 28.4 Å². The molecule has 2 aromatic carbocycles. The molecule has 2 unspecified atom stereocenters. The lowest BCUT2D eigenvalue weighted by Gasteiger charge is -2.27. The minimum atomic E-state index is 0.328. The minimum absolute atomic E-state index is 0.328. The van der Waals surface area contributed by atoms with E-state index in [1.165, 1.54) is 11.1 Å². The summed E-state index contributed by atoms with van der Waals surface area (Å²) in [6.45, 7) is 7.09. The summed E-state index contributed by atoms with van der Waals surface area (Å²) in [5.74, 6) is 3.54. The number of hydrogen-bond donors (Lipinski definition) is 0. The lowest BCUT2D eigenvalue weighted by atomic mass is 10.0. The number of methoxy groups -OCH3 is 5. The van der Waals surface area contributed by atoms with E-state index in [4.69, 9.17) is 28.4 Å². The average Bonchev–Trinajstić information content (AvgIpc) is 3.39. The van der Waals surface area contributed by atoms with Crippen LogP contribution in [0.5, 0.6) is 28.7 Å². The molecule has 0 aliphatic carbocycles. The van der Waals surface area contributed by atoms with Gasteiger partial charge in [0, 0.05) is 30.7 Å². The Balaban J connectivity index is 1.93. The first-order valence-electron chi connectivity index (χ1n) is 12.1. The third kappa shape index (κ3) is 6.04. The monoisotopic (exact) mass is 505 g/mol. The number of benzene rings is 2. The maximum absolute atomic E-state index is 6.13. The van der Waals surface area contributed by atoms with Gasteiger partial charge in [0.15, 0.2) is 23.0 Å². The van der Waals surface area contributed by atoms with Gasteiger partial charge < -0.3 is 33.3 Å². The van der Waals surface area contributed by atoms with Crippen molar-refractivity contribution in [2.24, 2.45) is 0 Å². The van der Waals surface area contributed by atoms with Gasteiger partial charge in [-0.1, -0.05) is 0 Å². The highest BCUT2D eigenvalue weighted by molar-refractivity contribution is 8.00. The highest BCUT2D eigenvalue weighted by Crippen LogP contribution is 2.56. The fourth-order valence-corrected chi connectivity index (χ4v) is 6.06. The zero-order valence-electron chi connectivity index (χ0n) is 22.0. The maximum Gasteiger partial charge on any atom is 0.203 e. The third-order valence-electron chi connectivity index (χ3n) is 6.37. The first-order chi connectivity index (χ1) is 17.0. The Kier molecular flexibility index (Phi) is 10.1. The Morgan fingerprint density at radius 1 is 0.714 bits per heavy atom. The molecule has 3 rings (SSSR count). The molecule has 0 radical (unpaired) electrons. The first-order valence-corrected chi connectivity index (χ1v) is 13.0. The van der Waals surface area contributed by atoms with Crippen molar-refractivity contribution in [2.45, 2.75) is 37.2 Å². The number of ether oxygens (including phenoxy) is 6. The topological polar surface area (TPSA) is 58.6 Å². The second kappa shape index (κ2) is 13.0. The van der Waals surface area contributed by atoms with Gasteiger partial charge in [-0.05, 0) is 62.1 Å². The molecule has 1 aliphatic heterocycles. The van der Waals surface area contributed by atoms with Crippen LogP contribution >= 0.6 is 11.8 Å². The standard InChI is InChI=1S/C27H39NO6S/c1-8-28(9-2)20-14-18(15-21(30-4)26(20)34-13-12-29-3)24-10-11-25(35-24)19-16-22(31-5)27(33-7)23(17-19)32-6/h14-17,24-25H,8-13H2,1-7H3. The molecule has 2 atom stereocenters. The van der Waals surface area contributed by atoms with Gasteiger partial charge in [0.1, 0.15) is 6.61 Å². The van der Waals surface area contributed by atoms with Crippen LogP contribution in [-0.4, -0.2) is 61.9 Å². The van der Waals surface area contributed by atoms with Gasteiger partial charge in [-0.2, -0.15) is 0 Å². The molecule has 0 saturated carbocycles. The van der Waals surface area contributed by atoms with Crippen LogP contribution in [0.4, 0.5) is 5.69 Å². The largest absolute Gasteiger partial charge is 0.493 e. The summed E-state index contributed by atoms with van der Waals surface area (Å²) < 4.78 is 33.8. The minimum Gasteiger partial charge on any atom is -0.493 e. The molecule has 1 aliphatic rings. The molecule has 0 amide bonds. The van der Waals surface area contributed by atoms with E-state index in [9.17, 15) is 0 Å². The molecule has 7 nitrogen and oxygen atoms in total. The van der Waals surface area contributed by atoms with Crippen molar-refractivity contribution in [3.8, 4) is 28.7 Å². The number of hydrogen-bond acceptors (Lipinski definition) is 8. The highest BCUT2D eigenvalue weighted by Gasteiger charge is 2.31. The first kappa shape index (κ1) is 27.1. The molecule has 1 saturated heterocycles. The van der Waals surface area contributed by atoms with Crippen molar-refractivity contribution in [2.75, 3.05) is 66.8 Å². The summed E-state index contributed by atoms with van der Waals surface area (Å²) in [5.41, 5.74) is 3.50. The molecular formula is C27H39NO6S. The predicted molar refractivity (Wildman–Crippen MR) is 142 cm³/mol. The van der Waals surface area contributed by atoms with Crippen LogP contribution in [0.1, 0.15) is 48.3 Å². The van der Waals surface area contributed by atoms with E-state index in [0.717, 1.165) is 43.1 Å². The average molecular weight is 506 g/mol. The zero-order valence-corrected chi connectivity index (χ0v) is 22.8. The molecule has 35 heavy (non-hydrogen) atoms. The maximum atomic E-state index is 6.13. The molecule has 2 aromatic rings. The Hall–Kier alpha value is -2.45. The van der Waals surface area contributed by atoms with Gasteiger partial charge in [-0.3, -0.25) is 0 Å². The van der Waals surface area contributed by atoms with Gasteiger partial charge in [0.2, 0.25) is 5.75 Å². The summed E-state index contributed by atoms with van der Waals surface area (Å²) >= 11 is 1.96. The second-order valence-electron chi connectivity index (χ2n) is 8.23. The zero-order chi connectivity index (χ0) is 25.4. The van der Waals surface area contributed by atoms with Gasteiger partial charge in [0.05, 0.1) is 40.7 Å².